The Balaban J connectivity index is 2.01. The van der Waals surface area contributed by atoms with Crippen LogP contribution in [0.3, 0.4) is 0 Å². The first kappa shape index (κ1) is 15.8. The Morgan fingerprint density at radius 3 is 2.86 bits per heavy atom. The molecule has 1 aliphatic heterocycles. The van der Waals surface area contributed by atoms with Crippen LogP contribution in [0.2, 0.25) is 5.02 Å². The predicted octanol–water partition coefficient (Wildman–Crippen LogP) is 1.62. The van der Waals surface area contributed by atoms with Gasteiger partial charge in [-0.1, -0.05) is 11.6 Å². The summed E-state index contributed by atoms with van der Waals surface area (Å²) in [5.74, 6) is -0.373. The fraction of sp³-hybridized carbons (Fsp3) is 0.429. The highest BCUT2D eigenvalue weighted by atomic mass is 35.5. The molecule has 114 valence electrons. The van der Waals surface area contributed by atoms with E-state index < -0.39 is 0 Å². The van der Waals surface area contributed by atoms with E-state index in [0.29, 0.717) is 36.0 Å². The van der Waals surface area contributed by atoms with Crippen LogP contribution in [0.25, 0.3) is 0 Å². The highest BCUT2D eigenvalue weighted by molar-refractivity contribution is 6.31. The standard InChI is InChI=1S/C14H18ClN3O3/c1-9(19)17-12-3-2-10(15)6-13(12)18-14(20)7-11-8-21-5-4-16-11/h2-3,6,11,16H,4-5,7-8H2,1H3,(H,17,19)(H,18,20). The molecule has 0 bridgehead atoms. The van der Waals surface area contributed by atoms with Crippen molar-refractivity contribution < 1.29 is 14.3 Å². The molecule has 0 saturated carbocycles. The molecular formula is C14H18ClN3O3. The quantitative estimate of drug-likeness (QED) is 0.789. The first-order valence-corrected chi connectivity index (χ1v) is 7.10. The Labute approximate surface area is 128 Å². The SMILES string of the molecule is CC(=O)Nc1ccc(Cl)cc1NC(=O)CC1COCCN1. The number of hydrogen-bond acceptors (Lipinski definition) is 4. The number of hydrogen-bond donors (Lipinski definition) is 3. The van der Waals surface area contributed by atoms with E-state index in [1.165, 1.54) is 6.92 Å². The van der Waals surface area contributed by atoms with Gasteiger partial charge in [-0.15, -0.1) is 0 Å². The minimum absolute atomic E-state index is 0.00199. The van der Waals surface area contributed by atoms with Gasteiger partial charge >= 0.3 is 0 Å². The lowest BCUT2D eigenvalue weighted by atomic mass is 10.2. The summed E-state index contributed by atoms with van der Waals surface area (Å²) in [7, 11) is 0. The molecule has 1 aromatic rings. The Kier molecular flexibility index (Phi) is 5.55. The van der Waals surface area contributed by atoms with Crippen molar-refractivity contribution in [1.82, 2.24) is 5.32 Å². The van der Waals surface area contributed by atoms with Crippen LogP contribution in [0, 0.1) is 0 Å². The molecule has 1 atom stereocenters. The molecule has 0 radical (unpaired) electrons. The van der Waals surface area contributed by atoms with Gasteiger partial charge in [-0.3, -0.25) is 9.59 Å². The summed E-state index contributed by atoms with van der Waals surface area (Å²) in [5, 5.41) is 9.12. The molecule has 1 aliphatic rings. The van der Waals surface area contributed by atoms with Gasteiger partial charge in [0.1, 0.15) is 0 Å². The van der Waals surface area contributed by atoms with Gasteiger partial charge in [0.05, 0.1) is 24.6 Å². The van der Waals surface area contributed by atoms with Crippen molar-refractivity contribution in [3.63, 3.8) is 0 Å². The van der Waals surface area contributed by atoms with E-state index >= 15 is 0 Å². The van der Waals surface area contributed by atoms with Crippen LogP contribution >= 0.6 is 11.6 Å². The molecule has 1 unspecified atom stereocenters. The van der Waals surface area contributed by atoms with Gasteiger partial charge in [0.15, 0.2) is 0 Å². The molecule has 6 nitrogen and oxygen atoms in total. The lowest BCUT2D eigenvalue weighted by Crippen LogP contribution is -2.43. The number of carbonyl (C=O) groups is 2. The number of amides is 2. The summed E-state index contributed by atoms with van der Waals surface area (Å²) >= 11 is 5.93. The Morgan fingerprint density at radius 2 is 2.19 bits per heavy atom. The number of morpholine rings is 1. The average molecular weight is 312 g/mol. The summed E-state index contributed by atoms with van der Waals surface area (Å²) < 4.78 is 5.31. The number of rotatable bonds is 4. The van der Waals surface area contributed by atoms with Crippen LogP contribution in [0.1, 0.15) is 13.3 Å². The zero-order chi connectivity index (χ0) is 15.2. The van der Waals surface area contributed by atoms with Crippen LogP contribution in [0.15, 0.2) is 18.2 Å². The third kappa shape index (κ3) is 5.00. The molecule has 1 saturated heterocycles. The zero-order valence-corrected chi connectivity index (χ0v) is 12.5. The van der Waals surface area contributed by atoms with Gasteiger partial charge in [-0.25, -0.2) is 0 Å². The fourth-order valence-corrected chi connectivity index (χ4v) is 2.27. The number of anilines is 2. The van der Waals surface area contributed by atoms with Crippen LogP contribution in [0.5, 0.6) is 0 Å². The van der Waals surface area contributed by atoms with Crippen molar-refractivity contribution in [1.29, 1.82) is 0 Å². The lowest BCUT2D eigenvalue weighted by Gasteiger charge is -2.23. The predicted molar refractivity (Wildman–Crippen MR) is 81.6 cm³/mol. The minimum atomic E-state index is -0.213. The smallest absolute Gasteiger partial charge is 0.226 e. The summed E-state index contributed by atoms with van der Waals surface area (Å²) in [6.45, 7) is 3.33. The van der Waals surface area contributed by atoms with Gasteiger partial charge < -0.3 is 20.7 Å². The number of halogens is 1. The topological polar surface area (TPSA) is 79.5 Å². The Bertz CT molecular complexity index is 530. The van der Waals surface area contributed by atoms with Gasteiger partial charge in [0, 0.05) is 31.0 Å². The van der Waals surface area contributed by atoms with Crippen LogP contribution in [-0.4, -0.2) is 37.6 Å². The van der Waals surface area contributed by atoms with Gasteiger partial charge in [-0.05, 0) is 18.2 Å². The average Bonchev–Trinajstić information content (AvgIpc) is 2.42. The van der Waals surface area contributed by atoms with Crippen molar-refractivity contribution in [2.24, 2.45) is 0 Å². The monoisotopic (exact) mass is 311 g/mol. The largest absolute Gasteiger partial charge is 0.378 e. The number of ether oxygens (including phenoxy) is 1. The molecule has 1 fully saturated rings. The molecule has 1 aromatic carbocycles. The van der Waals surface area contributed by atoms with Crippen LogP contribution < -0.4 is 16.0 Å². The van der Waals surface area contributed by atoms with Crippen molar-refractivity contribution in [2.75, 3.05) is 30.4 Å². The normalized spacial score (nSPS) is 18.1. The maximum Gasteiger partial charge on any atom is 0.226 e. The second-order valence-electron chi connectivity index (χ2n) is 4.85. The van der Waals surface area contributed by atoms with Gasteiger partial charge in [-0.2, -0.15) is 0 Å². The molecule has 0 spiro atoms. The van der Waals surface area contributed by atoms with E-state index in [1.54, 1.807) is 18.2 Å². The third-order valence-corrected chi connectivity index (χ3v) is 3.23. The van der Waals surface area contributed by atoms with Gasteiger partial charge in [0.25, 0.3) is 0 Å². The van der Waals surface area contributed by atoms with Crippen LogP contribution in [-0.2, 0) is 14.3 Å². The molecule has 0 aromatic heterocycles. The van der Waals surface area contributed by atoms with Gasteiger partial charge in [0.2, 0.25) is 11.8 Å². The minimum Gasteiger partial charge on any atom is -0.378 e. The van der Waals surface area contributed by atoms with E-state index in [-0.39, 0.29) is 17.9 Å². The fourth-order valence-electron chi connectivity index (χ4n) is 2.09. The first-order valence-electron chi connectivity index (χ1n) is 6.72. The number of benzene rings is 1. The van der Waals surface area contributed by atoms with E-state index in [4.69, 9.17) is 16.3 Å². The van der Waals surface area contributed by atoms with E-state index in [0.717, 1.165) is 6.54 Å². The first-order chi connectivity index (χ1) is 10.0. The highest BCUT2D eigenvalue weighted by Crippen LogP contribution is 2.26. The molecular weight excluding hydrogens is 294 g/mol. The summed E-state index contributed by atoms with van der Waals surface area (Å²) in [6.07, 6.45) is 0.298. The molecule has 0 aliphatic carbocycles. The molecule has 2 amide bonds. The summed E-state index contributed by atoms with van der Waals surface area (Å²) in [4.78, 5) is 23.2. The lowest BCUT2D eigenvalue weighted by molar-refractivity contribution is -0.117. The van der Waals surface area contributed by atoms with Crippen molar-refractivity contribution in [3.8, 4) is 0 Å². The van der Waals surface area contributed by atoms with E-state index in [1.807, 2.05) is 0 Å². The Morgan fingerprint density at radius 1 is 1.38 bits per heavy atom. The maximum atomic E-state index is 12.1. The molecule has 21 heavy (non-hydrogen) atoms. The summed E-state index contributed by atoms with van der Waals surface area (Å²) in [6, 6.07) is 4.91. The summed E-state index contributed by atoms with van der Waals surface area (Å²) in [5.41, 5.74) is 1.01. The highest BCUT2D eigenvalue weighted by Gasteiger charge is 2.17. The Hall–Kier alpha value is -1.63. The van der Waals surface area contributed by atoms with Crippen molar-refractivity contribution >= 4 is 34.8 Å². The second-order valence-corrected chi connectivity index (χ2v) is 5.29. The zero-order valence-electron chi connectivity index (χ0n) is 11.7. The van der Waals surface area contributed by atoms with E-state index in [9.17, 15) is 9.59 Å². The molecule has 7 heteroatoms. The number of carbonyl (C=O) groups excluding carboxylic acids is 2. The maximum absolute atomic E-state index is 12.1. The molecule has 3 N–H and O–H groups in total. The van der Waals surface area contributed by atoms with Crippen molar-refractivity contribution in [2.45, 2.75) is 19.4 Å². The van der Waals surface area contributed by atoms with Crippen LogP contribution in [0.4, 0.5) is 11.4 Å². The molecule has 2 rings (SSSR count). The molecule has 1 heterocycles. The van der Waals surface area contributed by atoms with Crippen molar-refractivity contribution in [3.05, 3.63) is 23.2 Å². The third-order valence-electron chi connectivity index (χ3n) is 3.00. The van der Waals surface area contributed by atoms with E-state index in [2.05, 4.69) is 16.0 Å². The number of nitrogens with one attached hydrogen (secondary N) is 3. The second kappa shape index (κ2) is 7.40.